The second-order valence-corrected chi connectivity index (χ2v) is 6.88. The zero-order chi connectivity index (χ0) is 18.1. The monoisotopic (exact) mass is 356 g/mol. The fraction of sp³-hybridized carbons (Fsp3) is 0.444. The Bertz CT molecular complexity index is 822. The summed E-state index contributed by atoms with van der Waals surface area (Å²) in [6.07, 6.45) is 4.06. The average Bonchev–Trinajstić information content (AvgIpc) is 3.29. The van der Waals surface area contributed by atoms with E-state index in [2.05, 4.69) is 10.1 Å². The molecule has 2 aliphatic heterocycles. The lowest BCUT2D eigenvalue weighted by Gasteiger charge is -2.35. The molecule has 1 fully saturated rings. The second kappa shape index (κ2) is 6.44. The van der Waals surface area contributed by atoms with Crippen LogP contribution < -0.4 is 4.74 Å². The molecule has 2 aromatic rings. The Balaban J connectivity index is 1.48. The molecule has 8 nitrogen and oxygen atoms in total. The molecule has 1 amide bonds. The third-order valence-corrected chi connectivity index (χ3v) is 5.35. The maximum absolute atomic E-state index is 12.6. The van der Waals surface area contributed by atoms with Crippen LogP contribution in [-0.2, 0) is 16.1 Å². The van der Waals surface area contributed by atoms with Gasteiger partial charge in [0.05, 0.1) is 0 Å². The zero-order valence-corrected chi connectivity index (χ0v) is 14.2. The number of rotatable bonds is 5. The number of fused-ring (bicyclic) bond motifs is 3. The van der Waals surface area contributed by atoms with Gasteiger partial charge < -0.3 is 14.7 Å². The van der Waals surface area contributed by atoms with Crippen molar-refractivity contribution in [2.45, 2.75) is 25.3 Å². The van der Waals surface area contributed by atoms with E-state index < -0.39 is 11.4 Å². The van der Waals surface area contributed by atoms with E-state index in [9.17, 15) is 14.7 Å². The molecule has 8 heteroatoms. The highest BCUT2D eigenvalue weighted by atomic mass is 16.5. The molecule has 4 rings (SSSR count). The molecule has 1 saturated heterocycles. The predicted octanol–water partition coefficient (Wildman–Crippen LogP) is 1.15. The lowest BCUT2D eigenvalue weighted by Crippen LogP contribution is -2.46. The van der Waals surface area contributed by atoms with Crippen molar-refractivity contribution in [3.63, 3.8) is 0 Å². The molecule has 136 valence electrons. The van der Waals surface area contributed by atoms with Crippen LogP contribution in [0.2, 0.25) is 0 Å². The van der Waals surface area contributed by atoms with E-state index in [-0.39, 0.29) is 25.0 Å². The van der Waals surface area contributed by atoms with Crippen LogP contribution in [0.25, 0.3) is 0 Å². The number of carboxylic acids is 1. The number of likely N-dealkylation sites (tertiary alicyclic amines) is 1. The van der Waals surface area contributed by atoms with Gasteiger partial charge in [0, 0.05) is 37.5 Å². The molecule has 2 atom stereocenters. The lowest BCUT2D eigenvalue weighted by atomic mass is 9.73. The summed E-state index contributed by atoms with van der Waals surface area (Å²) in [6.45, 7) is 1.30. The molecule has 1 N–H and O–H groups in total. The molecule has 0 spiro atoms. The number of aromatic nitrogens is 3. The van der Waals surface area contributed by atoms with Crippen LogP contribution in [0, 0.1) is 5.41 Å². The number of aliphatic carboxylic acids is 1. The van der Waals surface area contributed by atoms with Crippen molar-refractivity contribution in [3.8, 4) is 5.75 Å². The fourth-order valence-electron chi connectivity index (χ4n) is 3.93. The number of nitrogens with zero attached hydrogens (tertiary/aromatic N) is 4. The van der Waals surface area contributed by atoms with Gasteiger partial charge >= 0.3 is 5.97 Å². The van der Waals surface area contributed by atoms with Gasteiger partial charge in [0.25, 0.3) is 0 Å². The smallest absolute Gasteiger partial charge is 0.315 e. The molecule has 1 aromatic carbocycles. The number of ether oxygens (including phenoxy) is 1. The van der Waals surface area contributed by atoms with E-state index in [1.807, 2.05) is 24.3 Å². The van der Waals surface area contributed by atoms with Crippen molar-refractivity contribution < 1.29 is 19.4 Å². The van der Waals surface area contributed by atoms with Crippen LogP contribution in [0.3, 0.4) is 0 Å². The number of carbonyl (C=O) groups excluding carboxylic acids is 1. The highest BCUT2D eigenvalue weighted by Gasteiger charge is 2.57. The van der Waals surface area contributed by atoms with Gasteiger partial charge in [-0.25, -0.2) is 4.98 Å². The molecule has 3 heterocycles. The van der Waals surface area contributed by atoms with E-state index in [4.69, 9.17) is 4.74 Å². The quantitative estimate of drug-likeness (QED) is 0.863. The summed E-state index contributed by atoms with van der Waals surface area (Å²) < 4.78 is 7.40. The first-order valence-corrected chi connectivity index (χ1v) is 8.65. The molecule has 0 saturated carbocycles. The summed E-state index contributed by atoms with van der Waals surface area (Å²) in [5, 5.41) is 13.9. The molecule has 0 radical (unpaired) electrons. The summed E-state index contributed by atoms with van der Waals surface area (Å²) in [5.41, 5.74) is -0.199. The SMILES string of the molecule is O=C(CCCn1cncn1)N1C[C@@H]2c3ccccc3OC[C@]2(C(=O)O)C1. The van der Waals surface area contributed by atoms with Gasteiger partial charge in [0.1, 0.15) is 30.4 Å². The maximum atomic E-state index is 12.6. The fourth-order valence-corrected chi connectivity index (χ4v) is 3.93. The Labute approximate surface area is 150 Å². The summed E-state index contributed by atoms with van der Waals surface area (Å²) in [4.78, 5) is 30.3. The van der Waals surface area contributed by atoms with Crippen LogP contribution >= 0.6 is 0 Å². The molecule has 26 heavy (non-hydrogen) atoms. The number of para-hydroxylation sites is 1. The third-order valence-electron chi connectivity index (χ3n) is 5.35. The molecular weight excluding hydrogens is 336 g/mol. The van der Waals surface area contributed by atoms with Gasteiger partial charge in [-0.2, -0.15) is 5.10 Å². The molecule has 0 bridgehead atoms. The topological polar surface area (TPSA) is 97.5 Å². The van der Waals surface area contributed by atoms with E-state index in [0.29, 0.717) is 25.9 Å². The standard InChI is InChI=1S/C18H20N4O4/c23-16(6-3-7-22-12-19-11-20-22)21-8-14-13-4-1-2-5-15(13)26-10-18(14,9-21)17(24)25/h1-2,4-5,11-12,14H,3,6-10H2,(H,24,25)/t14-,18-/m1/s1. The highest BCUT2D eigenvalue weighted by Crippen LogP contribution is 2.49. The first-order chi connectivity index (χ1) is 12.6. The van der Waals surface area contributed by atoms with Crippen LogP contribution in [0.5, 0.6) is 5.75 Å². The Morgan fingerprint density at radius 2 is 2.19 bits per heavy atom. The zero-order valence-electron chi connectivity index (χ0n) is 14.2. The number of aryl methyl sites for hydroxylation is 1. The summed E-state index contributed by atoms with van der Waals surface area (Å²) >= 11 is 0. The van der Waals surface area contributed by atoms with Gasteiger partial charge in [-0.1, -0.05) is 18.2 Å². The Morgan fingerprint density at radius 1 is 1.35 bits per heavy atom. The normalized spacial score (nSPS) is 23.8. The van der Waals surface area contributed by atoms with Crippen molar-refractivity contribution in [3.05, 3.63) is 42.5 Å². The number of benzene rings is 1. The maximum Gasteiger partial charge on any atom is 0.315 e. The van der Waals surface area contributed by atoms with Crippen molar-refractivity contribution in [2.24, 2.45) is 5.41 Å². The molecular formula is C18H20N4O4. The van der Waals surface area contributed by atoms with E-state index in [1.54, 1.807) is 15.9 Å². The van der Waals surface area contributed by atoms with Crippen LogP contribution in [0.15, 0.2) is 36.9 Å². The summed E-state index contributed by atoms with van der Waals surface area (Å²) in [7, 11) is 0. The number of carboxylic acid groups (broad SMARTS) is 1. The van der Waals surface area contributed by atoms with Crippen molar-refractivity contribution >= 4 is 11.9 Å². The van der Waals surface area contributed by atoms with Gasteiger partial charge in [0.2, 0.25) is 5.91 Å². The Hall–Kier alpha value is -2.90. The second-order valence-electron chi connectivity index (χ2n) is 6.88. The number of hydrogen-bond acceptors (Lipinski definition) is 5. The van der Waals surface area contributed by atoms with Crippen LogP contribution in [0.1, 0.15) is 24.3 Å². The minimum absolute atomic E-state index is 0.0300. The first kappa shape index (κ1) is 16.6. The lowest BCUT2D eigenvalue weighted by molar-refractivity contribution is -0.152. The molecule has 2 aliphatic rings. The third kappa shape index (κ3) is 2.71. The minimum atomic E-state index is -1.07. The van der Waals surface area contributed by atoms with Crippen molar-refractivity contribution in [1.29, 1.82) is 0 Å². The minimum Gasteiger partial charge on any atom is -0.492 e. The van der Waals surface area contributed by atoms with Gasteiger partial charge in [0.15, 0.2) is 0 Å². The summed E-state index contributed by atoms with van der Waals surface area (Å²) in [6, 6.07) is 7.50. The first-order valence-electron chi connectivity index (χ1n) is 8.65. The Morgan fingerprint density at radius 3 is 2.96 bits per heavy atom. The Kier molecular flexibility index (Phi) is 4.10. The van der Waals surface area contributed by atoms with Crippen LogP contribution in [0.4, 0.5) is 0 Å². The van der Waals surface area contributed by atoms with E-state index in [1.165, 1.54) is 6.33 Å². The van der Waals surface area contributed by atoms with Crippen molar-refractivity contribution in [1.82, 2.24) is 19.7 Å². The van der Waals surface area contributed by atoms with Gasteiger partial charge in [-0.15, -0.1) is 0 Å². The van der Waals surface area contributed by atoms with Crippen molar-refractivity contribution in [2.75, 3.05) is 19.7 Å². The largest absolute Gasteiger partial charge is 0.492 e. The molecule has 1 aromatic heterocycles. The van der Waals surface area contributed by atoms with Gasteiger partial charge in [-0.3, -0.25) is 14.3 Å². The van der Waals surface area contributed by atoms with E-state index in [0.717, 1.165) is 11.3 Å². The van der Waals surface area contributed by atoms with E-state index >= 15 is 0 Å². The average molecular weight is 356 g/mol. The molecule has 0 unspecified atom stereocenters. The van der Waals surface area contributed by atoms with Gasteiger partial charge in [-0.05, 0) is 12.5 Å². The van der Waals surface area contributed by atoms with Crippen LogP contribution in [-0.4, -0.2) is 56.3 Å². The number of carbonyl (C=O) groups is 2. The number of amides is 1. The predicted molar refractivity (Wildman–Crippen MR) is 90.6 cm³/mol. The number of hydrogen-bond donors (Lipinski definition) is 1. The highest BCUT2D eigenvalue weighted by molar-refractivity contribution is 5.82. The summed E-state index contributed by atoms with van der Waals surface area (Å²) in [5.74, 6) is -0.466. The molecule has 0 aliphatic carbocycles.